The van der Waals surface area contributed by atoms with Gasteiger partial charge in [0.15, 0.2) is 0 Å². The number of cyclic esters (lactones) is 1. The van der Waals surface area contributed by atoms with Gasteiger partial charge in [0.2, 0.25) is 5.91 Å². The zero-order valence-corrected chi connectivity index (χ0v) is 15.3. The van der Waals surface area contributed by atoms with Crippen LogP contribution >= 0.6 is 11.3 Å². The fourth-order valence-corrected chi connectivity index (χ4v) is 4.41. The van der Waals surface area contributed by atoms with Gasteiger partial charge in [0.25, 0.3) is 0 Å². The molecule has 1 atom stereocenters. The van der Waals surface area contributed by atoms with Crippen LogP contribution < -0.4 is 0 Å². The van der Waals surface area contributed by atoms with Crippen LogP contribution in [0.4, 0.5) is 4.79 Å². The van der Waals surface area contributed by atoms with Gasteiger partial charge in [-0.1, -0.05) is 19.9 Å². The minimum Gasteiger partial charge on any atom is -0.447 e. The number of amides is 2. The molecule has 0 radical (unpaired) electrons. The number of ether oxygens (including phenoxy) is 1. The Balaban J connectivity index is 1.54. The Labute approximate surface area is 147 Å². The summed E-state index contributed by atoms with van der Waals surface area (Å²) in [6.07, 6.45) is 2.98. The monoisotopic (exact) mass is 350 g/mol. The standard InChI is InChI=1S/C18H26N2O3S/c1-13(2)10-15-12-23-18(22)20(15)14-5-7-19(8-6-14)17(21)11-16-4-3-9-24-16/h3-4,9,13-15H,5-8,10-12H2,1-2H3/t15-/m1/s1. The first-order chi connectivity index (χ1) is 11.5. The molecule has 0 unspecified atom stereocenters. The lowest BCUT2D eigenvalue weighted by atomic mass is 9.98. The van der Waals surface area contributed by atoms with E-state index in [4.69, 9.17) is 4.74 Å². The van der Waals surface area contributed by atoms with Crippen molar-refractivity contribution in [1.29, 1.82) is 0 Å². The first kappa shape index (κ1) is 17.3. The minimum atomic E-state index is -0.177. The number of thiophene rings is 1. The van der Waals surface area contributed by atoms with Gasteiger partial charge in [0, 0.05) is 24.0 Å². The summed E-state index contributed by atoms with van der Waals surface area (Å²) in [5.41, 5.74) is 0. The molecule has 132 valence electrons. The Hall–Kier alpha value is -1.56. The molecule has 3 rings (SSSR count). The van der Waals surface area contributed by atoms with E-state index in [-0.39, 0.29) is 24.1 Å². The topological polar surface area (TPSA) is 49.9 Å². The van der Waals surface area contributed by atoms with Crippen LogP contribution in [-0.4, -0.2) is 53.6 Å². The second-order valence-corrected chi connectivity index (χ2v) is 8.17. The summed E-state index contributed by atoms with van der Waals surface area (Å²) in [6.45, 7) is 6.31. The maximum Gasteiger partial charge on any atom is 0.410 e. The molecule has 5 nitrogen and oxygen atoms in total. The summed E-state index contributed by atoms with van der Waals surface area (Å²) in [4.78, 5) is 29.5. The van der Waals surface area contributed by atoms with E-state index in [9.17, 15) is 9.59 Å². The fourth-order valence-electron chi connectivity index (χ4n) is 3.71. The highest BCUT2D eigenvalue weighted by Crippen LogP contribution is 2.27. The highest BCUT2D eigenvalue weighted by molar-refractivity contribution is 7.10. The molecule has 0 N–H and O–H groups in total. The maximum atomic E-state index is 12.4. The average molecular weight is 350 g/mol. The summed E-state index contributed by atoms with van der Waals surface area (Å²) < 4.78 is 5.28. The molecular weight excluding hydrogens is 324 g/mol. The Morgan fingerprint density at radius 1 is 1.38 bits per heavy atom. The van der Waals surface area contributed by atoms with Gasteiger partial charge in [-0.25, -0.2) is 4.79 Å². The number of rotatable bonds is 5. The van der Waals surface area contributed by atoms with E-state index in [0.717, 1.165) is 37.2 Å². The van der Waals surface area contributed by atoms with E-state index in [0.29, 0.717) is 18.9 Å². The lowest BCUT2D eigenvalue weighted by Crippen LogP contribution is -2.50. The maximum absolute atomic E-state index is 12.4. The zero-order chi connectivity index (χ0) is 17.1. The smallest absolute Gasteiger partial charge is 0.410 e. The Kier molecular flexibility index (Phi) is 5.43. The third kappa shape index (κ3) is 3.91. The van der Waals surface area contributed by atoms with Crippen molar-refractivity contribution < 1.29 is 14.3 Å². The molecule has 2 fully saturated rings. The predicted molar refractivity (Wildman–Crippen MR) is 94.1 cm³/mol. The molecule has 2 aliphatic rings. The van der Waals surface area contributed by atoms with Crippen LogP contribution in [0.25, 0.3) is 0 Å². The van der Waals surface area contributed by atoms with Gasteiger partial charge in [-0.15, -0.1) is 11.3 Å². The van der Waals surface area contributed by atoms with Gasteiger partial charge in [0.05, 0.1) is 12.5 Å². The first-order valence-corrected chi connectivity index (χ1v) is 9.67. The molecule has 0 spiro atoms. The Morgan fingerprint density at radius 3 is 2.75 bits per heavy atom. The van der Waals surface area contributed by atoms with Crippen LogP contribution in [0.1, 0.15) is 38.0 Å². The number of hydrogen-bond acceptors (Lipinski definition) is 4. The normalized spacial score (nSPS) is 22.3. The quantitative estimate of drug-likeness (QED) is 0.820. The molecule has 2 amide bonds. The second kappa shape index (κ2) is 7.55. The zero-order valence-electron chi connectivity index (χ0n) is 14.4. The van der Waals surface area contributed by atoms with Crippen molar-refractivity contribution in [3.05, 3.63) is 22.4 Å². The molecule has 0 aliphatic carbocycles. The molecule has 2 saturated heterocycles. The molecule has 1 aromatic rings. The van der Waals surface area contributed by atoms with Crippen molar-refractivity contribution in [3.8, 4) is 0 Å². The number of nitrogens with zero attached hydrogens (tertiary/aromatic N) is 2. The van der Waals surface area contributed by atoms with Crippen molar-refractivity contribution in [2.75, 3.05) is 19.7 Å². The Bertz CT molecular complexity index is 565. The largest absolute Gasteiger partial charge is 0.447 e. The molecular formula is C18H26N2O3S. The summed E-state index contributed by atoms with van der Waals surface area (Å²) in [5, 5.41) is 2.00. The first-order valence-electron chi connectivity index (χ1n) is 8.80. The van der Waals surface area contributed by atoms with Crippen molar-refractivity contribution >= 4 is 23.3 Å². The van der Waals surface area contributed by atoms with Crippen molar-refractivity contribution in [2.45, 2.75) is 51.6 Å². The van der Waals surface area contributed by atoms with Crippen LogP contribution in [0.5, 0.6) is 0 Å². The predicted octanol–water partition coefficient (Wildman–Crippen LogP) is 3.15. The summed E-state index contributed by atoms with van der Waals surface area (Å²) in [6, 6.07) is 4.38. The van der Waals surface area contributed by atoms with E-state index >= 15 is 0 Å². The molecule has 6 heteroatoms. The fraction of sp³-hybridized carbons (Fsp3) is 0.667. The highest BCUT2D eigenvalue weighted by Gasteiger charge is 2.39. The molecule has 24 heavy (non-hydrogen) atoms. The third-order valence-electron chi connectivity index (χ3n) is 4.86. The van der Waals surface area contributed by atoms with Crippen LogP contribution in [0.15, 0.2) is 17.5 Å². The SMILES string of the molecule is CC(C)C[C@@H]1COC(=O)N1C1CCN(C(=O)Cc2cccs2)CC1. The molecule has 0 bridgehead atoms. The van der Waals surface area contributed by atoms with Crippen LogP contribution in [0.2, 0.25) is 0 Å². The van der Waals surface area contributed by atoms with Gasteiger partial charge in [0.1, 0.15) is 6.61 Å². The van der Waals surface area contributed by atoms with Crippen molar-refractivity contribution in [2.24, 2.45) is 5.92 Å². The summed E-state index contributed by atoms with van der Waals surface area (Å²) in [5.74, 6) is 0.734. The number of likely N-dealkylation sites (tertiary alicyclic amines) is 1. The molecule has 1 aromatic heterocycles. The average Bonchev–Trinajstić information content (AvgIpc) is 3.17. The number of carbonyl (C=O) groups is 2. The van der Waals surface area contributed by atoms with E-state index in [1.165, 1.54) is 0 Å². The lowest BCUT2D eigenvalue weighted by Gasteiger charge is -2.38. The van der Waals surface area contributed by atoms with E-state index in [1.54, 1.807) is 11.3 Å². The van der Waals surface area contributed by atoms with Gasteiger partial charge < -0.3 is 9.64 Å². The van der Waals surface area contributed by atoms with E-state index in [1.807, 2.05) is 27.3 Å². The van der Waals surface area contributed by atoms with Gasteiger partial charge in [-0.2, -0.15) is 0 Å². The molecule has 0 aromatic carbocycles. The minimum absolute atomic E-state index is 0.177. The van der Waals surface area contributed by atoms with Gasteiger partial charge in [-0.3, -0.25) is 9.69 Å². The second-order valence-electron chi connectivity index (χ2n) is 7.14. The molecule has 3 heterocycles. The number of hydrogen-bond donors (Lipinski definition) is 0. The van der Waals surface area contributed by atoms with E-state index < -0.39 is 0 Å². The van der Waals surface area contributed by atoms with E-state index in [2.05, 4.69) is 13.8 Å². The van der Waals surface area contributed by atoms with Crippen LogP contribution in [0, 0.1) is 5.92 Å². The molecule has 0 saturated carbocycles. The van der Waals surface area contributed by atoms with Crippen LogP contribution in [0.3, 0.4) is 0 Å². The van der Waals surface area contributed by atoms with Gasteiger partial charge in [-0.05, 0) is 36.6 Å². The highest BCUT2D eigenvalue weighted by atomic mass is 32.1. The summed E-state index contributed by atoms with van der Waals surface area (Å²) >= 11 is 1.63. The summed E-state index contributed by atoms with van der Waals surface area (Å²) in [7, 11) is 0. The van der Waals surface area contributed by atoms with Crippen molar-refractivity contribution in [1.82, 2.24) is 9.80 Å². The molecule has 2 aliphatic heterocycles. The van der Waals surface area contributed by atoms with Gasteiger partial charge >= 0.3 is 6.09 Å². The Morgan fingerprint density at radius 2 is 2.12 bits per heavy atom. The van der Waals surface area contributed by atoms with Crippen LogP contribution in [-0.2, 0) is 16.0 Å². The van der Waals surface area contributed by atoms with Crippen molar-refractivity contribution in [3.63, 3.8) is 0 Å². The number of piperidine rings is 1. The number of carbonyl (C=O) groups excluding carboxylic acids is 2. The third-order valence-corrected chi connectivity index (χ3v) is 5.74. The lowest BCUT2D eigenvalue weighted by molar-refractivity contribution is -0.131.